The number of methoxy groups -OCH3 is 1. The van der Waals surface area contributed by atoms with Crippen LogP contribution in [0.2, 0.25) is 0 Å². The van der Waals surface area contributed by atoms with Crippen molar-refractivity contribution in [3.05, 3.63) is 17.8 Å². The van der Waals surface area contributed by atoms with Crippen LogP contribution < -0.4 is 10.5 Å². The number of anilines is 1. The Bertz CT molecular complexity index is 332. The molecule has 0 spiro atoms. The van der Waals surface area contributed by atoms with Gasteiger partial charge in [-0.05, 0) is 18.9 Å². The second-order valence-electron chi connectivity index (χ2n) is 3.69. The zero-order valence-electron chi connectivity index (χ0n) is 10.4. The normalized spacial score (nSPS) is 10.5. The van der Waals surface area contributed by atoms with E-state index in [0.717, 1.165) is 18.6 Å². The number of pyridine rings is 1. The Morgan fingerprint density at radius 1 is 1.24 bits per heavy atom. The third kappa shape index (κ3) is 5.51. The molecule has 5 nitrogen and oxygen atoms in total. The van der Waals surface area contributed by atoms with E-state index in [0.29, 0.717) is 31.4 Å². The van der Waals surface area contributed by atoms with E-state index in [1.54, 1.807) is 13.3 Å². The number of nitrogens with zero attached hydrogens (tertiary/aromatic N) is 1. The number of hydrogen-bond acceptors (Lipinski definition) is 5. The molecule has 0 unspecified atom stereocenters. The van der Waals surface area contributed by atoms with Gasteiger partial charge >= 0.3 is 0 Å². The summed E-state index contributed by atoms with van der Waals surface area (Å²) in [6, 6.07) is 1.82. The van der Waals surface area contributed by atoms with Crippen LogP contribution in [0.15, 0.2) is 12.3 Å². The molecule has 0 amide bonds. The third-order valence-electron chi connectivity index (χ3n) is 2.24. The Balaban J connectivity index is 2.11. The summed E-state index contributed by atoms with van der Waals surface area (Å²) >= 11 is 0. The van der Waals surface area contributed by atoms with E-state index in [1.165, 1.54) is 0 Å². The maximum Gasteiger partial charge on any atom is 0.213 e. The van der Waals surface area contributed by atoms with E-state index in [1.807, 2.05) is 13.0 Å². The Kier molecular flexibility index (Phi) is 6.35. The molecule has 0 bridgehead atoms. The van der Waals surface area contributed by atoms with Crippen LogP contribution in [-0.2, 0) is 9.47 Å². The van der Waals surface area contributed by atoms with Gasteiger partial charge in [-0.25, -0.2) is 4.98 Å². The summed E-state index contributed by atoms with van der Waals surface area (Å²) in [4.78, 5) is 4.06. The fourth-order valence-electron chi connectivity index (χ4n) is 1.23. The van der Waals surface area contributed by atoms with E-state index in [9.17, 15) is 0 Å². The molecule has 0 radical (unpaired) electrons. The van der Waals surface area contributed by atoms with Crippen molar-refractivity contribution in [2.75, 3.05) is 39.3 Å². The molecule has 0 aliphatic carbocycles. The van der Waals surface area contributed by atoms with E-state index in [4.69, 9.17) is 19.9 Å². The van der Waals surface area contributed by atoms with Crippen LogP contribution in [0.5, 0.6) is 5.88 Å². The highest BCUT2D eigenvalue weighted by molar-refractivity contribution is 5.45. The lowest BCUT2D eigenvalue weighted by Gasteiger charge is -2.07. The van der Waals surface area contributed by atoms with Crippen molar-refractivity contribution in [2.45, 2.75) is 13.3 Å². The number of hydrogen-bond donors (Lipinski definition) is 1. The molecule has 0 fully saturated rings. The van der Waals surface area contributed by atoms with Crippen molar-refractivity contribution in [1.29, 1.82) is 0 Å². The van der Waals surface area contributed by atoms with Gasteiger partial charge in [0.2, 0.25) is 5.88 Å². The Morgan fingerprint density at radius 3 is 2.76 bits per heavy atom. The molecule has 0 aliphatic rings. The first-order valence-electron chi connectivity index (χ1n) is 5.65. The Labute approximate surface area is 102 Å². The minimum Gasteiger partial charge on any atom is -0.475 e. The van der Waals surface area contributed by atoms with Crippen LogP contribution in [0, 0.1) is 6.92 Å². The van der Waals surface area contributed by atoms with Crippen molar-refractivity contribution >= 4 is 5.69 Å². The molecule has 0 aromatic carbocycles. The highest BCUT2D eigenvalue weighted by Gasteiger charge is 1.99. The summed E-state index contributed by atoms with van der Waals surface area (Å²) in [7, 11) is 1.68. The molecule has 17 heavy (non-hydrogen) atoms. The van der Waals surface area contributed by atoms with Crippen molar-refractivity contribution in [2.24, 2.45) is 0 Å². The van der Waals surface area contributed by atoms with Crippen molar-refractivity contribution in [3.8, 4) is 5.88 Å². The highest BCUT2D eigenvalue weighted by Crippen LogP contribution is 2.14. The first-order chi connectivity index (χ1) is 8.24. The lowest BCUT2D eigenvalue weighted by molar-refractivity contribution is 0.0795. The number of rotatable bonds is 8. The summed E-state index contributed by atoms with van der Waals surface area (Å²) in [5, 5.41) is 0. The highest BCUT2D eigenvalue weighted by atomic mass is 16.5. The van der Waals surface area contributed by atoms with Gasteiger partial charge in [0.05, 0.1) is 18.5 Å². The maximum absolute atomic E-state index is 5.66. The molecule has 1 heterocycles. The van der Waals surface area contributed by atoms with Crippen LogP contribution in [0.4, 0.5) is 5.69 Å². The van der Waals surface area contributed by atoms with Crippen LogP contribution in [0.1, 0.15) is 12.0 Å². The molecule has 0 saturated carbocycles. The maximum atomic E-state index is 5.66. The number of nitrogen functional groups attached to an aromatic ring is 1. The molecular weight excluding hydrogens is 220 g/mol. The Hall–Kier alpha value is -1.33. The number of ether oxygens (including phenoxy) is 3. The molecule has 0 atom stereocenters. The average Bonchev–Trinajstić information content (AvgIpc) is 2.32. The molecule has 5 heteroatoms. The molecule has 2 N–H and O–H groups in total. The second kappa shape index (κ2) is 7.86. The number of nitrogens with two attached hydrogens (primary N) is 1. The van der Waals surface area contributed by atoms with Gasteiger partial charge in [-0.2, -0.15) is 0 Å². The summed E-state index contributed by atoms with van der Waals surface area (Å²) in [5.41, 5.74) is 7.30. The molecule has 1 aromatic rings. The van der Waals surface area contributed by atoms with Crippen molar-refractivity contribution in [3.63, 3.8) is 0 Å². The van der Waals surface area contributed by atoms with E-state index >= 15 is 0 Å². The molecular formula is C12H20N2O3. The van der Waals surface area contributed by atoms with E-state index in [-0.39, 0.29) is 0 Å². The van der Waals surface area contributed by atoms with Gasteiger partial charge in [-0.15, -0.1) is 0 Å². The fraction of sp³-hybridized carbons (Fsp3) is 0.583. The molecule has 1 aromatic heterocycles. The lowest BCUT2D eigenvalue weighted by Crippen LogP contribution is -2.09. The van der Waals surface area contributed by atoms with Gasteiger partial charge in [-0.1, -0.05) is 0 Å². The zero-order valence-corrected chi connectivity index (χ0v) is 10.4. The topological polar surface area (TPSA) is 66.6 Å². The standard InChI is InChI=1S/C12H20N2O3/c1-10-8-12(14-9-11(10)13)17-7-6-16-5-3-4-15-2/h8-9H,3-7,13H2,1-2H3. The summed E-state index contributed by atoms with van der Waals surface area (Å²) in [5.74, 6) is 0.581. The largest absolute Gasteiger partial charge is 0.475 e. The average molecular weight is 240 g/mol. The first-order valence-corrected chi connectivity index (χ1v) is 5.65. The van der Waals surface area contributed by atoms with E-state index in [2.05, 4.69) is 4.98 Å². The Morgan fingerprint density at radius 2 is 2.06 bits per heavy atom. The van der Waals surface area contributed by atoms with Crippen LogP contribution in [0.3, 0.4) is 0 Å². The van der Waals surface area contributed by atoms with E-state index < -0.39 is 0 Å². The van der Waals surface area contributed by atoms with Gasteiger partial charge in [0.25, 0.3) is 0 Å². The quantitative estimate of drug-likeness (QED) is 0.696. The van der Waals surface area contributed by atoms with Crippen LogP contribution in [-0.4, -0.2) is 38.5 Å². The smallest absolute Gasteiger partial charge is 0.213 e. The minimum absolute atomic E-state index is 0.489. The second-order valence-corrected chi connectivity index (χ2v) is 3.69. The van der Waals surface area contributed by atoms with Gasteiger partial charge in [0.1, 0.15) is 6.61 Å². The van der Waals surface area contributed by atoms with Gasteiger partial charge in [0, 0.05) is 26.4 Å². The van der Waals surface area contributed by atoms with Gasteiger partial charge in [0.15, 0.2) is 0 Å². The van der Waals surface area contributed by atoms with Gasteiger partial charge < -0.3 is 19.9 Å². The fourth-order valence-corrected chi connectivity index (χ4v) is 1.23. The predicted octanol–water partition coefficient (Wildman–Crippen LogP) is 1.40. The van der Waals surface area contributed by atoms with Crippen molar-refractivity contribution < 1.29 is 14.2 Å². The lowest BCUT2D eigenvalue weighted by atomic mass is 10.2. The SMILES string of the molecule is COCCCOCCOc1cc(C)c(N)cn1. The minimum atomic E-state index is 0.489. The molecule has 1 rings (SSSR count). The van der Waals surface area contributed by atoms with Gasteiger partial charge in [-0.3, -0.25) is 0 Å². The zero-order chi connectivity index (χ0) is 12.5. The van der Waals surface area contributed by atoms with Crippen LogP contribution in [0.25, 0.3) is 0 Å². The summed E-state index contributed by atoms with van der Waals surface area (Å²) < 4.78 is 15.7. The molecule has 0 aliphatic heterocycles. The third-order valence-corrected chi connectivity index (χ3v) is 2.24. The predicted molar refractivity (Wildman–Crippen MR) is 66.2 cm³/mol. The first kappa shape index (κ1) is 13.7. The van der Waals surface area contributed by atoms with Crippen LogP contribution >= 0.6 is 0 Å². The number of aromatic nitrogens is 1. The molecule has 96 valence electrons. The summed E-state index contributed by atoms with van der Waals surface area (Å²) in [6.45, 7) is 4.37. The monoisotopic (exact) mass is 240 g/mol. The van der Waals surface area contributed by atoms with Crippen molar-refractivity contribution in [1.82, 2.24) is 4.98 Å². The molecule has 0 saturated heterocycles. The number of aryl methyl sites for hydroxylation is 1. The summed E-state index contributed by atoms with van der Waals surface area (Å²) in [6.07, 6.45) is 2.50.